The summed E-state index contributed by atoms with van der Waals surface area (Å²) in [6.07, 6.45) is 2.29. The number of hydrogen-bond acceptors (Lipinski definition) is 3. The summed E-state index contributed by atoms with van der Waals surface area (Å²) in [5.74, 6) is -0.374. The molecule has 3 N–H and O–H groups in total. The van der Waals surface area contributed by atoms with Crippen molar-refractivity contribution in [2.75, 3.05) is 6.61 Å². The van der Waals surface area contributed by atoms with Crippen LogP contribution in [0.25, 0.3) is 10.9 Å². The number of esters is 1. The van der Waals surface area contributed by atoms with Gasteiger partial charge in [-0.2, -0.15) is 0 Å². The van der Waals surface area contributed by atoms with Crippen molar-refractivity contribution in [3.63, 3.8) is 0 Å². The molecule has 18 heavy (non-hydrogen) atoms. The van der Waals surface area contributed by atoms with Crippen molar-refractivity contribution in [3.05, 3.63) is 35.0 Å². The number of carbonyl (C=O) groups excluding carboxylic acids is 1. The van der Waals surface area contributed by atoms with E-state index in [1.54, 1.807) is 6.92 Å². The number of fused-ring (bicyclic) bond motifs is 1. The molecule has 0 spiro atoms. The summed E-state index contributed by atoms with van der Waals surface area (Å²) in [7, 11) is 0. The molecule has 0 aliphatic carbocycles. The van der Waals surface area contributed by atoms with Gasteiger partial charge in [0.25, 0.3) is 0 Å². The number of benzene rings is 1. The molecule has 1 aromatic heterocycles. The number of nitrogens with one attached hydrogen (secondary N) is 1. The van der Waals surface area contributed by atoms with E-state index in [-0.39, 0.29) is 5.97 Å². The highest BCUT2D eigenvalue weighted by Crippen LogP contribution is 2.22. The van der Waals surface area contributed by atoms with E-state index in [1.807, 2.05) is 24.4 Å². The third kappa shape index (κ3) is 2.66. The second-order valence-electron chi connectivity index (χ2n) is 4.07. The zero-order chi connectivity index (χ0) is 13.1. The van der Waals surface area contributed by atoms with Crippen LogP contribution in [0, 0.1) is 0 Å². The van der Waals surface area contributed by atoms with Gasteiger partial charge in [-0.15, -0.1) is 0 Å². The Labute approximate surface area is 110 Å². The topological polar surface area (TPSA) is 68.1 Å². The lowest BCUT2D eigenvalue weighted by Crippen LogP contribution is -2.34. The van der Waals surface area contributed by atoms with Gasteiger partial charge >= 0.3 is 5.97 Å². The Morgan fingerprint density at radius 2 is 2.33 bits per heavy atom. The molecule has 0 saturated carbocycles. The molecule has 4 nitrogen and oxygen atoms in total. The van der Waals surface area contributed by atoms with Crippen molar-refractivity contribution in [2.24, 2.45) is 5.73 Å². The molecule has 0 bridgehead atoms. The number of aromatic nitrogens is 1. The zero-order valence-electron chi connectivity index (χ0n) is 10.1. The number of hydrogen-bond donors (Lipinski definition) is 2. The molecule has 0 aliphatic heterocycles. The first-order valence-electron chi connectivity index (χ1n) is 5.79. The summed E-state index contributed by atoms with van der Waals surface area (Å²) < 4.78 is 4.89. The fourth-order valence-corrected chi connectivity index (χ4v) is 2.07. The number of H-pyrrole nitrogens is 1. The largest absolute Gasteiger partial charge is 0.465 e. The van der Waals surface area contributed by atoms with Crippen LogP contribution in [0.1, 0.15) is 12.5 Å². The van der Waals surface area contributed by atoms with Gasteiger partial charge in [0.1, 0.15) is 6.04 Å². The minimum atomic E-state index is -0.639. The Hall–Kier alpha value is -1.52. The van der Waals surface area contributed by atoms with E-state index >= 15 is 0 Å². The highest BCUT2D eigenvalue weighted by Gasteiger charge is 2.17. The molecule has 0 radical (unpaired) electrons. The molecule has 5 heteroatoms. The van der Waals surface area contributed by atoms with Crippen LogP contribution < -0.4 is 5.73 Å². The molecule has 1 atom stereocenters. The number of nitrogens with two attached hydrogens (primary N) is 1. The molecule has 2 aromatic rings. The SMILES string of the molecule is CCOC(=O)[C@@H](N)Cc1c[nH]c2cc(Cl)ccc12. The van der Waals surface area contributed by atoms with Crippen LogP contribution in [0.15, 0.2) is 24.4 Å². The van der Waals surface area contributed by atoms with Gasteiger partial charge in [-0.05, 0) is 24.6 Å². The molecule has 0 amide bonds. The smallest absolute Gasteiger partial charge is 0.323 e. The monoisotopic (exact) mass is 266 g/mol. The van der Waals surface area contributed by atoms with Crippen LogP contribution >= 0.6 is 11.6 Å². The summed E-state index contributed by atoms with van der Waals surface area (Å²) >= 11 is 5.91. The molecule has 0 unspecified atom stereocenters. The number of rotatable bonds is 4. The Morgan fingerprint density at radius 1 is 1.56 bits per heavy atom. The molecule has 0 saturated heterocycles. The van der Waals surface area contributed by atoms with Gasteiger partial charge in [-0.25, -0.2) is 0 Å². The number of ether oxygens (including phenoxy) is 1. The quantitative estimate of drug-likeness (QED) is 0.834. The lowest BCUT2D eigenvalue weighted by Gasteiger charge is -2.09. The lowest BCUT2D eigenvalue weighted by atomic mass is 10.1. The van der Waals surface area contributed by atoms with Gasteiger partial charge in [0.15, 0.2) is 0 Å². The highest BCUT2D eigenvalue weighted by atomic mass is 35.5. The van der Waals surface area contributed by atoms with Crippen LogP contribution in [0.5, 0.6) is 0 Å². The van der Waals surface area contributed by atoms with E-state index in [2.05, 4.69) is 4.98 Å². The fraction of sp³-hybridized carbons (Fsp3) is 0.308. The Kier molecular flexibility index (Phi) is 3.89. The summed E-state index contributed by atoms with van der Waals surface area (Å²) in [6.45, 7) is 2.11. The second-order valence-corrected chi connectivity index (χ2v) is 4.50. The van der Waals surface area contributed by atoms with Crippen LogP contribution in [0.4, 0.5) is 0 Å². The van der Waals surface area contributed by atoms with Crippen molar-refractivity contribution in [1.82, 2.24) is 4.98 Å². The molecule has 0 fully saturated rings. The van der Waals surface area contributed by atoms with E-state index < -0.39 is 6.04 Å². The zero-order valence-corrected chi connectivity index (χ0v) is 10.8. The van der Waals surface area contributed by atoms with Gasteiger partial charge in [-0.3, -0.25) is 4.79 Å². The van der Waals surface area contributed by atoms with Gasteiger partial charge in [0, 0.05) is 28.5 Å². The molecule has 0 aliphatic rings. The van der Waals surface area contributed by atoms with Gasteiger partial charge in [0.2, 0.25) is 0 Å². The van der Waals surface area contributed by atoms with E-state index in [1.165, 1.54) is 0 Å². The summed E-state index contributed by atoms with van der Waals surface area (Å²) in [5, 5.41) is 1.70. The number of carbonyl (C=O) groups is 1. The van der Waals surface area contributed by atoms with Crippen molar-refractivity contribution in [2.45, 2.75) is 19.4 Å². The van der Waals surface area contributed by atoms with Crippen LogP contribution in [0.3, 0.4) is 0 Å². The van der Waals surface area contributed by atoms with Crippen LogP contribution in [-0.4, -0.2) is 23.6 Å². The van der Waals surface area contributed by atoms with E-state index in [9.17, 15) is 4.79 Å². The van der Waals surface area contributed by atoms with Crippen LogP contribution in [0.2, 0.25) is 5.02 Å². The molecule has 96 valence electrons. The fourth-order valence-electron chi connectivity index (χ4n) is 1.90. The minimum absolute atomic E-state index is 0.343. The molecular formula is C13H15ClN2O2. The van der Waals surface area contributed by atoms with Crippen LogP contribution in [-0.2, 0) is 16.0 Å². The normalized spacial score (nSPS) is 12.6. The first-order chi connectivity index (χ1) is 8.61. The highest BCUT2D eigenvalue weighted by molar-refractivity contribution is 6.31. The Bertz CT molecular complexity index is 565. The van der Waals surface area contributed by atoms with Gasteiger partial charge in [0.05, 0.1) is 6.61 Å². The predicted octanol–water partition coefficient (Wildman–Crippen LogP) is 2.25. The van der Waals surface area contributed by atoms with Gasteiger partial charge in [-0.1, -0.05) is 17.7 Å². The molecule has 2 rings (SSSR count). The Morgan fingerprint density at radius 3 is 3.06 bits per heavy atom. The van der Waals surface area contributed by atoms with Crippen molar-refractivity contribution in [3.8, 4) is 0 Å². The first-order valence-corrected chi connectivity index (χ1v) is 6.17. The number of aromatic amines is 1. The molecule has 1 aromatic carbocycles. The summed E-state index contributed by atoms with van der Waals surface area (Å²) in [5.41, 5.74) is 7.73. The average molecular weight is 267 g/mol. The van der Waals surface area contributed by atoms with Crippen molar-refractivity contribution in [1.29, 1.82) is 0 Å². The first kappa shape index (κ1) is 12.9. The minimum Gasteiger partial charge on any atom is -0.465 e. The third-order valence-corrected chi connectivity index (χ3v) is 2.99. The maximum atomic E-state index is 11.5. The maximum absolute atomic E-state index is 11.5. The number of halogens is 1. The second kappa shape index (κ2) is 5.42. The lowest BCUT2D eigenvalue weighted by molar-refractivity contribution is -0.144. The Balaban J connectivity index is 2.19. The van der Waals surface area contributed by atoms with Crippen molar-refractivity contribution < 1.29 is 9.53 Å². The van der Waals surface area contributed by atoms with Gasteiger partial charge < -0.3 is 15.5 Å². The summed E-state index contributed by atoms with van der Waals surface area (Å²) in [6, 6.07) is 4.94. The van der Waals surface area contributed by atoms with Crippen molar-refractivity contribution >= 4 is 28.5 Å². The average Bonchev–Trinajstić information content (AvgIpc) is 2.72. The standard InChI is InChI=1S/C13H15ClN2O2/c1-2-18-13(17)11(15)5-8-7-16-12-6-9(14)3-4-10(8)12/h3-4,6-7,11,16H,2,5,15H2,1H3/t11-/m0/s1. The van der Waals surface area contributed by atoms with E-state index in [0.29, 0.717) is 18.1 Å². The maximum Gasteiger partial charge on any atom is 0.323 e. The molecular weight excluding hydrogens is 252 g/mol. The summed E-state index contributed by atoms with van der Waals surface area (Å²) in [4.78, 5) is 14.6. The van der Waals surface area contributed by atoms with E-state index in [4.69, 9.17) is 22.1 Å². The van der Waals surface area contributed by atoms with E-state index in [0.717, 1.165) is 16.5 Å². The predicted molar refractivity (Wildman–Crippen MR) is 71.6 cm³/mol. The third-order valence-electron chi connectivity index (χ3n) is 2.76. The molecule has 1 heterocycles.